The van der Waals surface area contributed by atoms with E-state index < -0.39 is 14.9 Å². The molecule has 1 aliphatic rings. The van der Waals surface area contributed by atoms with Gasteiger partial charge in [0.2, 0.25) is 21.8 Å². The van der Waals surface area contributed by atoms with Crippen LogP contribution in [0.5, 0.6) is 0 Å². The highest BCUT2D eigenvalue weighted by Crippen LogP contribution is 2.27. The maximum atomic E-state index is 12.7. The monoisotopic (exact) mass is 444 g/mol. The molecule has 2 aromatic heterocycles. The summed E-state index contributed by atoms with van der Waals surface area (Å²) < 4.78 is 32.7. The third-order valence-corrected chi connectivity index (χ3v) is 7.10. The van der Waals surface area contributed by atoms with E-state index in [9.17, 15) is 18.5 Å². The zero-order valence-electron chi connectivity index (χ0n) is 16.7. The van der Waals surface area contributed by atoms with Crippen LogP contribution in [0.4, 0.5) is 5.69 Å². The van der Waals surface area contributed by atoms with Gasteiger partial charge in [-0.25, -0.2) is 8.42 Å². The van der Waals surface area contributed by atoms with E-state index in [4.69, 9.17) is 4.42 Å². The van der Waals surface area contributed by atoms with Gasteiger partial charge in [0.05, 0.1) is 11.0 Å². The predicted molar refractivity (Wildman–Crippen MR) is 109 cm³/mol. The molecule has 4 rings (SSSR count). The molecule has 0 bridgehead atoms. The smallest absolute Gasteiger partial charge is 0.269 e. The van der Waals surface area contributed by atoms with Crippen LogP contribution in [0.2, 0.25) is 0 Å². The molecule has 31 heavy (non-hydrogen) atoms. The minimum absolute atomic E-state index is 0.0176. The minimum Gasteiger partial charge on any atom is -0.419 e. The van der Waals surface area contributed by atoms with Crippen molar-refractivity contribution in [3.8, 4) is 11.5 Å². The molecular formula is C19H20N6O5S. The van der Waals surface area contributed by atoms with Gasteiger partial charge in [-0.2, -0.15) is 4.31 Å². The lowest BCUT2D eigenvalue weighted by Crippen LogP contribution is -2.49. The Morgan fingerprint density at radius 1 is 1.10 bits per heavy atom. The van der Waals surface area contributed by atoms with E-state index >= 15 is 0 Å². The number of rotatable bonds is 6. The summed E-state index contributed by atoms with van der Waals surface area (Å²) >= 11 is 0. The Morgan fingerprint density at radius 2 is 1.81 bits per heavy atom. The topological polar surface area (TPSA) is 136 Å². The minimum atomic E-state index is -3.57. The van der Waals surface area contributed by atoms with Gasteiger partial charge in [0.15, 0.2) is 0 Å². The van der Waals surface area contributed by atoms with E-state index in [-0.39, 0.29) is 22.5 Å². The van der Waals surface area contributed by atoms with E-state index in [1.165, 1.54) is 34.9 Å². The number of nitro groups is 1. The van der Waals surface area contributed by atoms with Crippen molar-refractivity contribution in [1.29, 1.82) is 0 Å². The van der Waals surface area contributed by atoms with Crippen LogP contribution in [0.25, 0.3) is 11.5 Å². The van der Waals surface area contributed by atoms with Crippen LogP contribution in [0.1, 0.15) is 18.9 Å². The molecular weight excluding hydrogens is 424 g/mol. The van der Waals surface area contributed by atoms with Gasteiger partial charge in [-0.1, -0.05) is 0 Å². The fourth-order valence-corrected chi connectivity index (χ4v) is 4.77. The van der Waals surface area contributed by atoms with Gasteiger partial charge in [0.1, 0.15) is 4.90 Å². The quantitative estimate of drug-likeness (QED) is 0.413. The van der Waals surface area contributed by atoms with E-state index in [1.54, 1.807) is 18.2 Å². The summed E-state index contributed by atoms with van der Waals surface area (Å²) in [6.07, 6.45) is 2.89. The first-order valence-electron chi connectivity index (χ1n) is 9.59. The highest BCUT2D eigenvalue weighted by Gasteiger charge is 2.32. The van der Waals surface area contributed by atoms with Gasteiger partial charge in [0.25, 0.3) is 5.69 Å². The number of piperazine rings is 1. The summed E-state index contributed by atoms with van der Waals surface area (Å²) in [6.45, 7) is 3.61. The first-order chi connectivity index (χ1) is 14.9. The Hall–Kier alpha value is -3.22. The zero-order chi connectivity index (χ0) is 22.0. The van der Waals surface area contributed by atoms with Crippen molar-refractivity contribution in [2.75, 3.05) is 26.2 Å². The van der Waals surface area contributed by atoms with Crippen LogP contribution >= 0.6 is 0 Å². The molecule has 1 unspecified atom stereocenters. The summed E-state index contributed by atoms with van der Waals surface area (Å²) in [5, 5.41) is 18.9. The molecule has 3 aromatic rings. The number of non-ortho nitro benzene ring substituents is 1. The van der Waals surface area contributed by atoms with Crippen LogP contribution in [0.15, 0.2) is 58.1 Å². The Bertz CT molecular complexity index is 1160. The molecule has 0 spiro atoms. The van der Waals surface area contributed by atoms with Crippen LogP contribution in [-0.2, 0) is 10.0 Å². The Balaban J connectivity index is 1.41. The van der Waals surface area contributed by atoms with Crippen molar-refractivity contribution in [2.24, 2.45) is 0 Å². The Kier molecular flexibility index (Phi) is 5.76. The standard InChI is InChI=1S/C19H20N6O5S/c1-14(18-21-22-19(30-18)15-4-6-16(7-5-15)25(26)27)23-9-11-24(12-10-23)31(28,29)17-3-2-8-20-13-17/h2-8,13-14H,9-12H2,1H3. The fourth-order valence-electron chi connectivity index (χ4n) is 3.38. The van der Waals surface area contributed by atoms with Gasteiger partial charge in [-0.3, -0.25) is 20.0 Å². The molecule has 0 aliphatic carbocycles. The first-order valence-corrected chi connectivity index (χ1v) is 11.0. The molecule has 1 aromatic carbocycles. The molecule has 1 saturated heterocycles. The van der Waals surface area contributed by atoms with Crippen molar-refractivity contribution in [2.45, 2.75) is 17.9 Å². The molecule has 0 radical (unpaired) electrons. The molecule has 1 fully saturated rings. The van der Waals surface area contributed by atoms with Crippen molar-refractivity contribution in [1.82, 2.24) is 24.4 Å². The largest absolute Gasteiger partial charge is 0.419 e. The summed E-state index contributed by atoms with van der Waals surface area (Å²) in [5.74, 6) is 0.673. The SMILES string of the molecule is CC(c1nnc(-c2ccc([N+](=O)[O-])cc2)o1)N1CCN(S(=O)(=O)c2cccnc2)CC1. The first kappa shape index (κ1) is 21.0. The number of pyridine rings is 1. The van der Waals surface area contributed by atoms with E-state index in [0.717, 1.165) is 0 Å². The average Bonchev–Trinajstić information content (AvgIpc) is 3.29. The predicted octanol–water partition coefficient (Wildman–Crippen LogP) is 2.11. The molecule has 11 nitrogen and oxygen atoms in total. The molecule has 0 amide bonds. The van der Waals surface area contributed by atoms with E-state index in [0.29, 0.717) is 37.6 Å². The van der Waals surface area contributed by atoms with Crippen molar-refractivity contribution >= 4 is 15.7 Å². The number of aromatic nitrogens is 3. The lowest BCUT2D eigenvalue weighted by Gasteiger charge is -2.36. The van der Waals surface area contributed by atoms with E-state index in [2.05, 4.69) is 20.1 Å². The van der Waals surface area contributed by atoms with Gasteiger partial charge in [-0.15, -0.1) is 10.2 Å². The summed E-state index contributed by atoms with van der Waals surface area (Å²) in [7, 11) is -3.57. The molecule has 3 heterocycles. The van der Waals surface area contributed by atoms with Crippen LogP contribution in [0.3, 0.4) is 0 Å². The lowest BCUT2D eigenvalue weighted by molar-refractivity contribution is -0.384. The summed E-state index contributed by atoms with van der Waals surface area (Å²) in [4.78, 5) is 16.5. The molecule has 0 saturated carbocycles. The maximum Gasteiger partial charge on any atom is 0.269 e. The molecule has 1 aliphatic heterocycles. The summed E-state index contributed by atoms with van der Waals surface area (Å²) in [6, 6.07) is 8.81. The van der Waals surface area contributed by atoms with Crippen molar-refractivity contribution < 1.29 is 17.8 Å². The molecule has 0 N–H and O–H groups in total. The normalized spacial score (nSPS) is 16.8. The fraction of sp³-hybridized carbons (Fsp3) is 0.316. The molecule has 1 atom stereocenters. The van der Waals surface area contributed by atoms with Gasteiger partial charge in [-0.05, 0) is 31.2 Å². The number of benzene rings is 1. The van der Waals surface area contributed by atoms with Gasteiger partial charge in [0, 0.05) is 56.3 Å². The van der Waals surface area contributed by atoms with Gasteiger partial charge >= 0.3 is 0 Å². The number of hydrogen-bond donors (Lipinski definition) is 0. The Morgan fingerprint density at radius 3 is 2.42 bits per heavy atom. The molecule has 162 valence electrons. The van der Waals surface area contributed by atoms with Crippen LogP contribution in [0, 0.1) is 10.1 Å². The highest BCUT2D eigenvalue weighted by atomic mass is 32.2. The van der Waals surface area contributed by atoms with Crippen LogP contribution in [-0.4, -0.2) is 63.9 Å². The third kappa shape index (κ3) is 4.31. The number of nitrogens with zero attached hydrogens (tertiary/aromatic N) is 6. The summed E-state index contributed by atoms with van der Waals surface area (Å²) in [5.41, 5.74) is 0.569. The van der Waals surface area contributed by atoms with Gasteiger partial charge < -0.3 is 4.42 Å². The van der Waals surface area contributed by atoms with Crippen molar-refractivity contribution in [3.63, 3.8) is 0 Å². The number of sulfonamides is 1. The van der Waals surface area contributed by atoms with E-state index in [1.807, 2.05) is 6.92 Å². The second-order valence-corrected chi connectivity index (χ2v) is 8.99. The number of nitro benzene ring substituents is 1. The Labute approximate surface area is 178 Å². The average molecular weight is 444 g/mol. The second-order valence-electron chi connectivity index (χ2n) is 7.05. The zero-order valence-corrected chi connectivity index (χ0v) is 17.5. The third-order valence-electron chi connectivity index (χ3n) is 5.22. The van der Waals surface area contributed by atoms with Crippen LogP contribution < -0.4 is 0 Å². The lowest BCUT2D eigenvalue weighted by atomic mass is 10.2. The van der Waals surface area contributed by atoms with Crippen molar-refractivity contribution in [3.05, 3.63) is 64.8 Å². The second kappa shape index (κ2) is 8.49. The molecule has 12 heteroatoms. The maximum absolute atomic E-state index is 12.7. The highest BCUT2D eigenvalue weighted by molar-refractivity contribution is 7.89. The number of hydrogen-bond acceptors (Lipinski definition) is 9.